The van der Waals surface area contributed by atoms with Crippen LogP contribution in [0.15, 0.2) is 18.2 Å². The van der Waals surface area contributed by atoms with E-state index < -0.39 is 0 Å². The molecule has 2 N–H and O–H groups in total. The van der Waals surface area contributed by atoms with Crippen LogP contribution in [0.1, 0.15) is 56.6 Å². The molecule has 0 radical (unpaired) electrons. The van der Waals surface area contributed by atoms with E-state index in [0.29, 0.717) is 0 Å². The zero-order valence-electron chi connectivity index (χ0n) is 13.6. The van der Waals surface area contributed by atoms with Gasteiger partial charge in [0.15, 0.2) is 0 Å². The lowest BCUT2D eigenvalue weighted by Gasteiger charge is -2.22. The average Bonchev–Trinajstić information content (AvgIpc) is 2.50. The first-order valence-corrected chi connectivity index (χ1v) is 8.28. The van der Waals surface area contributed by atoms with Crippen LogP contribution in [0.3, 0.4) is 0 Å². The lowest BCUT2D eigenvalue weighted by Crippen LogP contribution is -2.37. The first-order chi connectivity index (χ1) is 10.6. The monoisotopic (exact) mass is 302 g/mol. The molecule has 0 atom stereocenters. The highest BCUT2D eigenvalue weighted by molar-refractivity contribution is 6.04. The lowest BCUT2D eigenvalue weighted by atomic mass is 9.95. The molecule has 1 aromatic rings. The van der Waals surface area contributed by atoms with E-state index in [1.54, 1.807) is 0 Å². The van der Waals surface area contributed by atoms with Crippen molar-refractivity contribution in [3.8, 4) is 0 Å². The van der Waals surface area contributed by atoms with Crippen molar-refractivity contribution in [2.24, 2.45) is 0 Å². The molecule has 1 fully saturated rings. The van der Waals surface area contributed by atoms with Crippen LogP contribution in [0.2, 0.25) is 0 Å². The van der Waals surface area contributed by atoms with Crippen LogP contribution in [0.4, 0.5) is 5.69 Å². The fourth-order valence-corrected chi connectivity index (χ4v) is 3.06. The second-order valence-electron chi connectivity index (χ2n) is 6.09. The molecule has 0 aromatic heterocycles. The van der Waals surface area contributed by atoms with Crippen molar-refractivity contribution in [1.29, 1.82) is 0 Å². The third-order valence-electron chi connectivity index (χ3n) is 4.30. The molecule has 0 unspecified atom stereocenters. The molecule has 0 bridgehead atoms. The van der Waals surface area contributed by atoms with Crippen molar-refractivity contribution < 1.29 is 9.59 Å². The predicted molar refractivity (Wildman–Crippen MR) is 88.8 cm³/mol. The van der Waals surface area contributed by atoms with Crippen molar-refractivity contribution in [2.75, 3.05) is 5.32 Å². The van der Waals surface area contributed by atoms with Gasteiger partial charge >= 0.3 is 0 Å². The number of nitrogens with one attached hydrogen (secondary N) is 2. The number of aryl methyl sites for hydroxylation is 2. The predicted octanol–water partition coefficient (Wildman–Crippen LogP) is 3.33. The zero-order chi connectivity index (χ0) is 15.9. The minimum absolute atomic E-state index is 0.103. The van der Waals surface area contributed by atoms with Crippen LogP contribution in [0, 0.1) is 6.92 Å². The molecule has 0 spiro atoms. The van der Waals surface area contributed by atoms with Gasteiger partial charge in [0.1, 0.15) is 6.42 Å². The van der Waals surface area contributed by atoms with Gasteiger partial charge in [-0.15, -0.1) is 0 Å². The van der Waals surface area contributed by atoms with Gasteiger partial charge in [0.25, 0.3) is 0 Å². The largest absolute Gasteiger partial charge is 0.353 e. The highest BCUT2D eigenvalue weighted by Gasteiger charge is 2.18. The van der Waals surface area contributed by atoms with Gasteiger partial charge in [-0.25, -0.2) is 0 Å². The van der Waals surface area contributed by atoms with Crippen molar-refractivity contribution in [3.63, 3.8) is 0 Å². The molecular formula is C18H26N2O2. The van der Waals surface area contributed by atoms with E-state index in [9.17, 15) is 9.59 Å². The Bertz CT molecular complexity index is 534. The Morgan fingerprint density at radius 1 is 1.14 bits per heavy atom. The smallest absolute Gasteiger partial charge is 0.233 e. The van der Waals surface area contributed by atoms with Gasteiger partial charge in [0.2, 0.25) is 11.8 Å². The quantitative estimate of drug-likeness (QED) is 0.820. The Kier molecular flexibility index (Phi) is 5.99. The molecule has 4 nitrogen and oxygen atoms in total. The maximum absolute atomic E-state index is 12.1. The highest BCUT2D eigenvalue weighted by atomic mass is 16.2. The SMILES string of the molecule is CCc1cccc(C)c1NC(=O)CC(=O)NC1CCCCC1. The molecule has 120 valence electrons. The van der Waals surface area contributed by atoms with Gasteiger partial charge in [0, 0.05) is 11.7 Å². The molecule has 1 aliphatic carbocycles. The number of rotatable bonds is 5. The fraction of sp³-hybridized carbons (Fsp3) is 0.556. The standard InChI is InChI=1S/C18H26N2O2/c1-3-14-9-7-8-13(2)18(14)20-17(22)12-16(21)19-15-10-5-4-6-11-15/h7-9,15H,3-6,10-12H2,1-2H3,(H,19,21)(H,20,22). The summed E-state index contributed by atoms with van der Waals surface area (Å²) in [5, 5.41) is 5.88. The first kappa shape index (κ1) is 16.5. The first-order valence-electron chi connectivity index (χ1n) is 8.28. The summed E-state index contributed by atoms with van der Waals surface area (Å²) in [6.07, 6.45) is 6.40. The van der Waals surface area contributed by atoms with E-state index in [2.05, 4.69) is 17.6 Å². The molecule has 0 heterocycles. The molecule has 0 aliphatic heterocycles. The van der Waals surface area contributed by atoms with Crippen molar-refractivity contribution in [3.05, 3.63) is 29.3 Å². The van der Waals surface area contributed by atoms with Crippen LogP contribution in [-0.2, 0) is 16.0 Å². The van der Waals surface area contributed by atoms with Crippen LogP contribution in [-0.4, -0.2) is 17.9 Å². The number of hydrogen-bond donors (Lipinski definition) is 2. The van der Waals surface area contributed by atoms with Crippen molar-refractivity contribution in [1.82, 2.24) is 5.32 Å². The molecule has 1 saturated carbocycles. The molecule has 0 saturated heterocycles. The Morgan fingerprint density at radius 2 is 1.86 bits per heavy atom. The van der Waals surface area contributed by atoms with E-state index in [0.717, 1.165) is 36.1 Å². The summed E-state index contributed by atoms with van der Waals surface area (Å²) in [7, 11) is 0. The average molecular weight is 302 g/mol. The zero-order valence-corrected chi connectivity index (χ0v) is 13.6. The summed E-state index contributed by atoms with van der Waals surface area (Å²) < 4.78 is 0. The van der Waals surface area contributed by atoms with Gasteiger partial charge < -0.3 is 10.6 Å². The van der Waals surface area contributed by atoms with Crippen LogP contribution in [0.25, 0.3) is 0 Å². The Balaban J connectivity index is 1.88. The topological polar surface area (TPSA) is 58.2 Å². The summed E-state index contributed by atoms with van der Waals surface area (Å²) in [5.41, 5.74) is 2.97. The maximum atomic E-state index is 12.1. The second-order valence-corrected chi connectivity index (χ2v) is 6.09. The molecule has 22 heavy (non-hydrogen) atoms. The van der Waals surface area contributed by atoms with E-state index in [-0.39, 0.29) is 24.3 Å². The van der Waals surface area contributed by atoms with Crippen LogP contribution >= 0.6 is 0 Å². The number of amides is 2. The molecule has 1 aromatic carbocycles. The lowest BCUT2D eigenvalue weighted by molar-refractivity contribution is -0.127. The molecule has 4 heteroatoms. The van der Waals surface area contributed by atoms with Gasteiger partial charge in [-0.2, -0.15) is 0 Å². The Hall–Kier alpha value is -1.84. The van der Waals surface area contributed by atoms with Crippen molar-refractivity contribution >= 4 is 17.5 Å². The van der Waals surface area contributed by atoms with Gasteiger partial charge in [-0.1, -0.05) is 44.4 Å². The van der Waals surface area contributed by atoms with E-state index >= 15 is 0 Å². The van der Waals surface area contributed by atoms with E-state index in [4.69, 9.17) is 0 Å². The number of benzene rings is 1. The molecule has 2 amide bonds. The van der Waals surface area contributed by atoms with Gasteiger partial charge in [0.05, 0.1) is 0 Å². The normalized spacial score (nSPS) is 15.4. The van der Waals surface area contributed by atoms with E-state index in [1.165, 1.54) is 19.3 Å². The maximum Gasteiger partial charge on any atom is 0.233 e. The molecular weight excluding hydrogens is 276 g/mol. The third kappa shape index (κ3) is 4.58. The minimum atomic E-state index is -0.239. The summed E-state index contributed by atoms with van der Waals surface area (Å²) in [6, 6.07) is 6.21. The van der Waals surface area contributed by atoms with E-state index in [1.807, 2.05) is 25.1 Å². The number of carbonyl (C=O) groups is 2. The van der Waals surface area contributed by atoms with Gasteiger partial charge in [-0.3, -0.25) is 9.59 Å². The summed E-state index contributed by atoms with van der Waals surface area (Å²) in [4.78, 5) is 24.1. The van der Waals surface area contributed by atoms with Crippen molar-refractivity contribution in [2.45, 2.75) is 64.8 Å². The number of anilines is 1. The van der Waals surface area contributed by atoms with Crippen LogP contribution < -0.4 is 10.6 Å². The second kappa shape index (κ2) is 7.97. The summed E-state index contributed by atoms with van der Waals surface area (Å²) >= 11 is 0. The van der Waals surface area contributed by atoms with Crippen LogP contribution in [0.5, 0.6) is 0 Å². The highest BCUT2D eigenvalue weighted by Crippen LogP contribution is 2.21. The molecule has 2 rings (SSSR count). The minimum Gasteiger partial charge on any atom is -0.353 e. The number of carbonyl (C=O) groups excluding carboxylic acids is 2. The summed E-state index contributed by atoms with van der Waals surface area (Å²) in [5.74, 6) is -0.409. The Labute approximate surface area is 132 Å². The number of para-hydroxylation sites is 1. The van der Waals surface area contributed by atoms with Gasteiger partial charge in [-0.05, 0) is 37.3 Å². The third-order valence-corrected chi connectivity index (χ3v) is 4.30. The molecule has 1 aliphatic rings. The fourth-order valence-electron chi connectivity index (χ4n) is 3.06. The number of hydrogen-bond acceptors (Lipinski definition) is 2. The summed E-state index contributed by atoms with van der Waals surface area (Å²) in [6.45, 7) is 4.02. The Morgan fingerprint density at radius 3 is 2.55 bits per heavy atom.